The molecule has 0 aliphatic rings. The van der Waals surface area contributed by atoms with Crippen LogP contribution in [0.1, 0.15) is 51.6 Å². The summed E-state index contributed by atoms with van der Waals surface area (Å²) in [5, 5.41) is 12.1. The van der Waals surface area contributed by atoms with Gasteiger partial charge >= 0.3 is 0 Å². The molecule has 0 atom stereocenters. The lowest BCUT2D eigenvalue weighted by molar-refractivity contribution is 0.0948. The van der Waals surface area contributed by atoms with Crippen LogP contribution in [0.15, 0.2) is 53.5 Å². The molecule has 4 N–H and O–H groups in total. The maximum absolute atomic E-state index is 12.1. The van der Waals surface area contributed by atoms with Crippen molar-refractivity contribution >= 4 is 41.8 Å². The van der Waals surface area contributed by atoms with Crippen LogP contribution < -0.4 is 21.3 Å². The zero-order valence-electron chi connectivity index (χ0n) is 19.0. The minimum atomic E-state index is -0.0863. The van der Waals surface area contributed by atoms with E-state index in [1.807, 2.05) is 42.5 Å². The van der Waals surface area contributed by atoms with Crippen molar-refractivity contribution in [2.24, 2.45) is 4.99 Å². The van der Waals surface area contributed by atoms with Gasteiger partial charge in [-0.05, 0) is 48.2 Å². The number of guanidine groups is 1. The van der Waals surface area contributed by atoms with Gasteiger partial charge in [-0.2, -0.15) is 0 Å². The van der Waals surface area contributed by atoms with E-state index in [0.29, 0.717) is 36.7 Å². The SMILES string of the molecule is CCCCNC(=O)c1ccc(CNC(=NC)NCCc2cccc(C(=O)NC)c2)cc1.I. The predicted octanol–water partition coefficient (Wildman–Crippen LogP) is 3.10. The van der Waals surface area contributed by atoms with Crippen LogP contribution in [-0.2, 0) is 13.0 Å². The van der Waals surface area contributed by atoms with Crippen molar-refractivity contribution in [2.45, 2.75) is 32.7 Å². The molecular weight excluding hydrogens is 517 g/mol. The Kier molecular flexibility index (Phi) is 13.0. The van der Waals surface area contributed by atoms with Gasteiger partial charge in [0, 0.05) is 44.9 Å². The third kappa shape index (κ3) is 9.25. The Morgan fingerprint density at radius 3 is 2.28 bits per heavy atom. The Morgan fingerprint density at radius 1 is 0.875 bits per heavy atom. The third-order valence-corrected chi connectivity index (χ3v) is 4.84. The fourth-order valence-corrected chi connectivity index (χ4v) is 3.00. The van der Waals surface area contributed by atoms with Gasteiger partial charge in [0.05, 0.1) is 0 Å². The van der Waals surface area contributed by atoms with Crippen LogP contribution in [0, 0.1) is 0 Å². The largest absolute Gasteiger partial charge is 0.356 e. The van der Waals surface area contributed by atoms with E-state index in [0.717, 1.165) is 30.4 Å². The number of nitrogens with zero attached hydrogens (tertiary/aromatic N) is 1. The third-order valence-electron chi connectivity index (χ3n) is 4.84. The van der Waals surface area contributed by atoms with Crippen LogP contribution in [0.25, 0.3) is 0 Å². The zero-order valence-corrected chi connectivity index (χ0v) is 21.4. The van der Waals surface area contributed by atoms with Crippen LogP contribution in [0.3, 0.4) is 0 Å². The Morgan fingerprint density at radius 2 is 1.62 bits per heavy atom. The molecule has 0 saturated carbocycles. The molecule has 7 nitrogen and oxygen atoms in total. The van der Waals surface area contributed by atoms with E-state index >= 15 is 0 Å². The number of amides is 2. The summed E-state index contributed by atoms with van der Waals surface area (Å²) in [6.07, 6.45) is 2.81. The molecular formula is C24H34IN5O2. The van der Waals surface area contributed by atoms with Crippen molar-refractivity contribution in [3.05, 3.63) is 70.8 Å². The van der Waals surface area contributed by atoms with E-state index < -0.39 is 0 Å². The molecule has 174 valence electrons. The second-order valence-corrected chi connectivity index (χ2v) is 7.19. The van der Waals surface area contributed by atoms with E-state index in [1.165, 1.54) is 0 Å². The fourth-order valence-electron chi connectivity index (χ4n) is 3.00. The first-order chi connectivity index (χ1) is 15.1. The molecule has 0 heterocycles. The van der Waals surface area contributed by atoms with Crippen molar-refractivity contribution in [2.75, 3.05) is 27.2 Å². The van der Waals surface area contributed by atoms with Gasteiger partial charge in [0.1, 0.15) is 0 Å². The maximum Gasteiger partial charge on any atom is 0.251 e. The van der Waals surface area contributed by atoms with Crippen LogP contribution in [0.4, 0.5) is 0 Å². The Hall–Kier alpha value is -2.62. The maximum atomic E-state index is 12.1. The number of unbranched alkanes of at least 4 members (excludes halogenated alkanes) is 1. The molecule has 32 heavy (non-hydrogen) atoms. The first-order valence-electron chi connectivity index (χ1n) is 10.7. The summed E-state index contributed by atoms with van der Waals surface area (Å²) in [7, 11) is 3.35. The first-order valence-corrected chi connectivity index (χ1v) is 10.7. The van der Waals surface area contributed by atoms with Gasteiger partial charge in [0.15, 0.2) is 5.96 Å². The molecule has 0 aromatic heterocycles. The smallest absolute Gasteiger partial charge is 0.251 e. The van der Waals surface area contributed by atoms with E-state index in [1.54, 1.807) is 20.2 Å². The molecule has 2 aromatic rings. The monoisotopic (exact) mass is 551 g/mol. The molecule has 0 aliphatic heterocycles. The van der Waals surface area contributed by atoms with Gasteiger partial charge in [-0.1, -0.05) is 37.6 Å². The lowest BCUT2D eigenvalue weighted by Crippen LogP contribution is -2.37. The number of hydrogen-bond donors (Lipinski definition) is 4. The molecule has 2 rings (SSSR count). The minimum absolute atomic E-state index is 0. The Labute approximate surface area is 207 Å². The molecule has 2 aromatic carbocycles. The van der Waals surface area contributed by atoms with Gasteiger partial charge in [-0.25, -0.2) is 0 Å². The number of aliphatic imine (C=N–C) groups is 1. The second kappa shape index (κ2) is 15.2. The van der Waals surface area contributed by atoms with Crippen LogP contribution in [-0.4, -0.2) is 45.0 Å². The van der Waals surface area contributed by atoms with Crippen molar-refractivity contribution in [1.82, 2.24) is 21.3 Å². The lowest BCUT2D eigenvalue weighted by atomic mass is 10.1. The predicted molar refractivity (Wildman–Crippen MR) is 141 cm³/mol. The van der Waals surface area contributed by atoms with Crippen molar-refractivity contribution in [1.29, 1.82) is 0 Å². The number of rotatable bonds is 10. The number of benzene rings is 2. The summed E-state index contributed by atoms with van der Waals surface area (Å²) < 4.78 is 0. The highest BCUT2D eigenvalue weighted by Crippen LogP contribution is 2.06. The molecule has 0 aliphatic carbocycles. The van der Waals surface area contributed by atoms with Crippen molar-refractivity contribution in [3.8, 4) is 0 Å². The normalized spacial score (nSPS) is 10.7. The summed E-state index contributed by atoms with van der Waals surface area (Å²) in [5.41, 5.74) is 3.47. The topological polar surface area (TPSA) is 94.6 Å². The van der Waals surface area contributed by atoms with E-state index in [2.05, 4.69) is 33.2 Å². The molecule has 0 saturated heterocycles. The molecule has 0 bridgehead atoms. The molecule has 0 fully saturated rings. The van der Waals surface area contributed by atoms with E-state index in [4.69, 9.17) is 0 Å². The minimum Gasteiger partial charge on any atom is -0.356 e. The Balaban J connectivity index is 0.00000512. The van der Waals surface area contributed by atoms with Crippen molar-refractivity contribution < 1.29 is 9.59 Å². The summed E-state index contributed by atoms with van der Waals surface area (Å²) in [5.74, 6) is 0.575. The summed E-state index contributed by atoms with van der Waals surface area (Å²) in [4.78, 5) is 28.1. The van der Waals surface area contributed by atoms with Gasteiger partial charge in [0.25, 0.3) is 11.8 Å². The molecule has 8 heteroatoms. The number of hydrogen-bond acceptors (Lipinski definition) is 3. The van der Waals surface area contributed by atoms with Crippen LogP contribution in [0.5, 0.6) is 0 Å². The highest BCUT2D eigenvalue weighted by Gasteiger charge is 2.06. The first kappa shape index (κ1) is 27.4. The van der Waals surface area contributed by atoms with Gasteiger partial charge in [-0.15, -0.1) is 24.0 Å². The summed E-state index contributed by atoms with van der Waals surface area (Å²) in [6.45, 7) is 4.09. The van der Waals surface area contributed by atoms with Crippen LogP contribution in [0.2, 0.25) is 0 Å². The molecule has 0 spiro atoms. The molecule has 2 amide bonds. The van der Waals surface area contributed by atoms with Crippen molar-refractivity contribution in [3.63, 3.8) is 0 Å². The quantitative estimate of drug-likeness (QED) is 0.158. The molecule has 0 unspecified atom stereocenters. The van der Waals surface area contributed by atoms with Crippen LogP contribution >= 0.6 is 24.0 Å². The lowest BCUT2D eigenvalue weighted by Gasteiger charge is -2.12. The number of nitrogens with one attached hydrogen (secondary N) is 4. The Bertz CT molecular complexity index is 884. The van der Waals surface area contributed by atoms with E-state index in [-0.39, 0.29) is 35.8 Å². The number of halogens is 1. The molecule has 0 radical (unpaired) electrons. The second-order valence-electron chi connectivity index (χ2n) is 7.19. The van der Waals surface area contributed by atoms with Gasteiger partial charge < -0.3 is 21.3 Å². The standard InChI is InChI=1S/C24H33N5O2.HI/c1-4-5-14-27-23(31)20-11-9-19(10-12-20)17-29-24(26-3)28-15-13-18-7-6-8-21(16-18)22(30)25-2;/h6-12,16H,4-5,13-15,17H2,1-3H3,(H,25,30)(H,27,31)(H2,26,28,29);1H. The number of carbonyl (C=O) groups is 2. The summed E-state index contributed by atoms with van der Waals surface area (Å²) >= 11 is 0. The zero-order chi connectivity index (χ0) is 22.5. The highest BCUT2D eigenvalue weighted by molar-refractivity contribution is 14.0. The van der Waals surface area contributed by atoms with Gasteiger partial charge in [0.2, 0.25) is 0 Å². The average molecular weight is 551 g/mol. The number of carbonyl (C=O) groups excluding carboxylic acids is 2. The average Bonchev–Trinajstić information content (AvgIpc) is 2.81. The summed E-state index contributed by atoms with van der Waals surface area (Å²) in [6, 6.07) is 15.2. The fraction of sp³-hybridized carbons (Fsp3) is 0.375. The highest BCUT2D eigenvalue weighted by atomic mass is 127. The van der Waals surface area contributed by atoms with Gasteiger partial charge in [-0.3, -0.25) is 14.6 Å². The van der Waals surface area contributed by atoms with E-state index in [9.17, 15) is 9.59 Å².